The smallest absolute Gasteiger partial charge is 0.350 e. The van der Waals surface area contributed by atoms with Crippen LogP contribution >= 0.6 is 0 Å². The highest BCUT2D eigenvalue weighted by Crippen LogP contribution is 2.31. The van der Waals surface area contributed by atoms with Crippen molar-refractivity contribution < 1.29 is 26.6 Å². The minimum atomic E-state index is -4.86. The summed E-state index contributed by atoms with van der Waals surface area (Å²) in [5.41, 5.74) is -1.74. The van der Waals surface area contributed by atoms with Gasteiger partial charge in [0, 0.05) is 34.4 Å². The molecule has 0 aliphatic rings. The van der Waals surface area contributed by atoms with Crippen LogP contribution in [-0.4, -0.2) is 28.2 Å². The molecule has 0 aliphatic heterocycles. The van der Waals surface area contributed by atoms with Gasteiger partial charge in [-0.05, 0) is 31.5 Å². The van der Waals surface area contributed by atoms with Crippen molar-refractivity contribution in [2.45, 2.75) is 25.6 Å². The summed E-state index contributed by atoms with van der Waals surface area (Å²) < 4.78 is 61.7. The molecule has 0 bridgehead atoms. The third kappa shape index (κ3) is 5.45. The molecule has 0 heterocycles. The Balaban J connectivity index is 2.82. The number of rotatable bonds is 5. The third-order valence-corrected chi connectivity index (χ3v) is 3.56. The van der Waals surface area contributed by atoms with Crippen molar-refractivity contribution in [1.29, 1.82) is 0 Å². The first-order valence-electron chi connectivity index (χ1n) is 6.09. The van der Waals surface area contributed by atoms with Crippen LogP contribution in [0.15, 0.2) is 18.2 Å². The van der Waals surface area contributed by atoms with Crippen LogP contribution in [0.3, 0.4) is 0 Å². The van der Waals surface area contributed by atoms with E-state index in [4.69, 9.17) is 0 Å². The molecule has 0 aliphatic carbocycles. The molecule has 8 heteroatoms. The zero-order valence-corrected chi connectivity index (χ0v) is 12.3. The largest absolute Gasteiger partial charge is 0.419 e. The molecule has 0 spiro atoms. The van der Waals surface area contributed by atoms with E-state index >= 15 is 0 Å². The van der Waals surface area contributed by atoms with Gasteiger partial charge in [-0.1, -0.05) is 0 Å². The average molecular weight is 325 g/mol. The molecule has 1 rings (SSSR count). The van der Waals surface area contributed by atoms with E-state index in [2.05, 4.69) is 5.32 Å². The Hall–Kier alpha value is -1.44. The summed E-state index contributed by atoms with van der Waals surface area (Å²) in [5, 5.41) is 2.49. The van der Waals surface area contributed by atoms with Gasteiger partial charge in [0.25, 0.3) is 5.91 Å². The number of amides is 1. The average Bonchev–Trinajstić information content (AvgIpc) is 2.35. The predicted octanol–water partition coefficient (Wildman–Crippen LogP) is 2.73. The number of hydrogen-bond donors (Lipinski definition) is 1. The zero-order valence-electron chi connectivity index (χ0n) is 11.5. The SMILES string of the molecule is CC(CCS(C)=O)NC(=O)c1ccc(F)c(C(F)(F)F)c1. The van der Waals surface area contributed by atoms with Gasteiger partial charge < -0.3 is 5.32 Å². The third-order valence-electron chi connectivity index (χ3n) is 2.75. The van der Waals surface area contributed by atoms with Crippen LogP contribution in [0.25, 0.3) is 0 Å². The van der Waals surface area contributed by atoms with Crippen molar-refractivity contribution in [2.75, 3.05) is 12.0 Å². The van der Waals surface area contributed by atoms with E-state index in [1.807, 2.05) is 0 Å². The van der Waals surface area contributed by atoms with Crippen LogP contribution in [0.2, 0.25) is 0 Å². The molecule has 21 heavy (non-hydrogen) atoms. The summed E-state index contributed by atoms with van der Waals surface area (Å²) in [6, 6.07) is 1.74. The van der Waals surface area contributed by atoms with Gasteiger partial charge in [0.2, 0.25) is 0 Å². The second kappa shape index (κ2) is 7.02. The summed E-state index contributed by atoms with van der Waals surface area (Å²) in [6.07, 6.45) is -2.91. The maximum absolute atomic E-state index is 13.1. The number of carbonyl (C=O) groups excluding carboxylic acids is 1. The minimum Gasteiger partial charge on any atom is -0.350 e. The van der Waals surface area contributed by atoms with E-state index in [1.54, 1.807) is 6.92 Å². The normalized spacial score (nSPS) is 14.6. The van der Waals surface area contributed by atoms with Crippen molar-refractivity contribution in [3.8, 4) is 0 Å². The van der Waals surface area contributed by atoms with E-state index in [0.29, 0.717) is 24.3 Å². The van der Waals surface area contributed by atoms with Crippen molar-refractivity contribution in [2.24, 2.45) is 0 Å². The molecular weight excluding hydrogens is 310 g/mol. The molecule has 1 amide bonds. The Morgan fingerprint density at radius 1 is 1.38 bits per heavy atom. The summed E-state index contributed by atoms with van der Waals surface area (Å²) in [6.45, 7) is 1.65. The second-order valence-corrected chi connectivity index (χ2v) is 6.19. The fourth-order valence-electron chi connectivity index (χ4n) is 1.61. The van der Waals surface area contributed by atoms with Gasteiger partial charge in [-0.3, -0.25) is 9.00 Å². The van der Waals surface area contributed by atoms with Gasteiger partial charge in [0.1, 0.15) is 5.82 Å². The molecule has 0 saturated carbocycles. The Kier molecular flexibility index (Phi) is 5.88. The van der Waals surface area contributed by atoms with E-state index in [1.165, 1.54) is 6.26 Å². The zero-order chi connectivity index (χ0) is 16.2. The Bertz CT molecular complexity index is 545. The van der Waals surface area contributed by atoms with Crippen molar-refractivity contribution in [1.82, 2.24) is 5.32 Å². The Morgan fingerprint density at radius 3 is 2.52 bits per heavy atom. The first kappa shape index (κ1) is 17.6. The summed E-state index contributed by atoms with van der Waals surface area (Å²) in [5.74, 6) is -1.78. The molecule has 118 valence electrons. The first-order chi connectivity index (χ1) is 9.61. The van der Waals surface area contributed by atoms with Gasteiger partial charge in [0.15, 0.2) is 0 Å². The number of hydrogen-bond acceptors (Lipinski definition) is 2. The predicted molar refractivity (Wildman–Crippen MR) is 71.9 cm³/mol. The summed E-state index contributed by atoms with van der Waals surface area (Å²) >= 11 is 0. The van der Waals surface area contributed by atoms with Crippen molar-refractivity contribution in [3.05, 3.63) is 35.1 Å². The Labute approximate surface area is 122 Å². The topological polar surface area (TPSA) is 46.2 Å². The van der Waals surface area contributed by atoms with Crippen LogP contribution < -0.4 is 5.32 Å². The van der Waals surface area contributed by atoms with Crippen LogP contribution in [0.1, 0.15) is 29.3 Å². The maximum Gasteiger partial charge on any atom is 0.419 e. The van der Waals surface area contributed by atoms with Gasteiger partial charge >= 0.3 is 6.18 Å². The van der Waals surface area contributed by atoms with Crippen LogP contribution in [0.4, 0.5) is 17.6 Å². The number of benzene rings is 1. The molecule has 1 N–H and O–H groups in total. The van der Waals surface area contributed by atoms with E-state index < -0.39 is 34.3 Å². The van der Waals surface area contributed by atoms with E-state index in [0.717, 1.165) is 6.07 Å². The van der Waals surface area contributed by atoms with Crippen molar-refractivity contribution >= 4 is 16.7 Å². The molecule has 1 aromatic carbocycles. The van der Waals surface area contributed by atoms with E-state index in [-0.39, 0.29) is 11.6 Å². The van der Waals surface area contributed by atoms with Gasteiger partial charge in [-0.2, -0.15) is 13.2 Å². The van der Waals surface area contributed by atoms with Crippen LogP contribution in [0, 0.1) is 5.82 Å². The standard InChI is InChI=1S/C13H15F4NO2S/c1-8(5-6-21(2)20)18-12(19)9-3-4-11(14)10(7-9)13(15,16)17/h3-4,7-8H,5-6H2,1-2H3,(H,18,19). The highest BCUT2D eigenvalue weighted by Gasteiger charge is 2.34. The number of carbonyl (C=O) groups is 1. The molecule has 3 nitrogen and oxygen atoms in total. The maximum atomic E-state index is 13.1. The Morgan fingerprint density at radius 2 is 2.00 bits per heavy atom. The lowest BCUT2D eigenvalue weighted by Gasteiger charge is -2.14. The molecule has 0 fully saturated rings. The fourth-order valence-corrected chi connectivity index (χ4v) is 2.29. The monoisotopic (exact) mass is 325 g/mol. The van der Waals surface area contributed by atoms with Crippen molar-refractivity contribution in [3.63, 3.8) is 0 Å². The second-order valence-electron chi connectivity index (χ2n) is 4.63. The molecule has 2 unspecified atom stereocenters. The number of nitrogens with one attached hydrogen (secondary N) is 1. The molecular formula is C13H15F4NO2S. The van der Waals surface area contributed by atoms with E-state index in [9.17, 15) is 26.6 Å². The number of alkyl halides is 3. The van der Waals surface area contributed by atoms with Gasteiger partial charge in [0.05, 0.1) is 5.56 Å². The molecule has 1 aromatic rings. The van der Waals surface area contributed by atoms with Gasteiger partial charge in [-0.15, -0.1) is 0 Å². The van der Waals surface area contributed by atoms with Gasteiger partial charge in [-0.25, -0.2) is 4.39 Å². The quantitative estimate of drug-likeness (QED) is 0.846. The molecule has 0 saturated heterocycles. The lowest BCUT2D eigenvalue weighted by Crippen LogP contribution is -2.33. The highest BCUT2D eigenvalue weighted by molar-refractivity contribution is 7.84. The lowest BCUT2D eigenvalue weighted by atomic mass is 10.1. The molecule has 0 radical (unpaired) electrons. The summed E-state index contributed by atoms with van der Waals surface area (Å²) in [4.78, 5) is 11.8. The first-order valence-corrected chi connectivity index (χ1v) is 7.81. The molecule has 0 aromatic heterocycles. The molecule has 2 atom stereocenters. The summed E-state index contributed by atoms with van der Waals surface area (Å²) in [7, 11) is -1.01. The highest BCUT2D eigenvalue weighted by atomic mass is 32.2. The fraction of sp³-hybridized carbons (Fsp3) is 0.462. The number of halogens is 4. The lowest BCUT2D eigenvalue weighted by molar-refractivity contribution is -0.140. The van der Waals surface area contributed by atoms with Crippen LogP contribution in [-0.2, 0) is 17.0 Å². The van der Waals surface area contributed by atoms with Crippen LogP contribution in [0.5, 0.6) is 0 Å². The minimum absolute atomic E-state index is 0.270.